The quantitative estimate of drug-likeness (QED) is 0.582. The summed E-state index contributed by atoms with van der Waals surface area (Å²) in [6.07, 6.45) is 10.8. The van der Waals surface area contributed by atoms with Crippen molar-refractivity contribution < 1.29 is 14.3 Å². The number of hydrogen-bond donors (Lipinski definition) is 0. The molecule has 2 aliphatic carbocycles. The van der Waals surface area contributed by atoms with Crippen molar-refractivity contribution in [1.82, 2.24) is 0 Å². The van der Waals surface area contributed by atoms with E-state index in [0.29, 0.717) is 23.4 Å². The van der Waals surface area contributed by atoms with Crippen LogP contribution in [-0.2, 0) is 14.3 Å². The molecule has 3 heteroatoms. The highest BCUT2D eigenvalue weighted by molar-refractivity contribution is 5.65. The molecule has 0 bridgehead atoms. The van der Waals surface area contributed by atoms with Crippen LogP contribution in [0.3, 0.4) is 0 Å². The summed E-state index contributed by atoms with van der Waals surface area (Å²) in [6, 6.07) is 0. The predicted octanol–water partition coefficient (Wildman–Crippen LogP) is 5.62. The Labute approximate surface area is 155 Å². The SMILES string of the molecule is COCC(C)(C)C1CCC2(CC1)CCC(C(C)(C)COC(C)=O)CC2. The highest BCUT2D eigenvalue weighted by Gasteiger charge is 2.44. The summed E-state index contributed by atoms with van der Waals surface area (Å²) in [5.41, 5.74) is 0.998. The molecule has 0 saturated heterocycles. The highest BCUT2D eigenvalue weighted by atomic mass is 16.5. The molecule has 2 aliphatic rings. The van der Waals surface area contributed by atoms with Crippen LogP contribution in [-0.4, -0.2) is 26.3 Å². The Hall–Kier alpha value is -0.570. The minimum Gasteiger partial charge on any atom is -0.465 e. The Kier molecular flexibility index (Phi) is 6.62. The van der Waals surface area contributed by atoms with Crippen LogP contribution < -0.4 is 0 Å². The molecular formula is C22H40O3. The second kappa shape index (κ2) is 7.98. The zero-order valence-corrected chi connectivity index (χ0v) is 17.5. The first-order chi connectivity index (χ1) is 11.6. The molecule has 0 amide bonds. The van der Waals surface area contributed by atoms with Gasteiger partial charge in [-0.3, -0.25) is 4.79 Å². The van der Waals surface area contributed by atoms with Crippen LogP contribution in [0, 0.1) is 28.1 Å². The maximum atomic E-state index is 11.1. The van der Waals surface area contributed by atoms with Crippen molar-refractivity contribution >= 4 is 5.97 Å². The van der Waals surface area contributed by atoms with Gasteiger partial charge in [0.15, 0.2) is 0 Å². The largest absolute Gasteiger partial charge is 0.465 e. The Morgan fingerprint density at radius 3 is 1.64 bits per heavy atom. The van der Waals surface area contributed by atoms with Crippen LogP contribution in [0.4, 0.5) is 0 Å². The molecule has 1 spiro atoms. The lowest BCUT2D eigenvalue weighted by Gasteiger charge is -2.50. The van der Waals surface area contributed by atoms with Gasteiger partial charge in [0.25, 0.3) is 0 Å². The van der Waals surface area contributed by atoms with Crippen LogP contribution in [0.1, 0.15) is 86.0 Å². The molecule has 0 aliphatic heterocycles. The Morgan fingerprint density at radius 2 is 1.28 bits per heavy atom. The average molecular weight is 353 g/mol. The Balaban J connectivity index is 1.85. The van der Waals surface area contributed by atoms with Crippen molar-refractivity contribution in [1.29, 1.82) is 0 Å². The molecule has 0 aromatic carbocycles. The van der Waals surface area contributed by atoms with Gasteiger partial charge in [-0.05, 0) is 74.0 Å². The topological polar surface area (TPSA) is 35.5 Å². The normalized spacial score (nSPS) is 31.1. The first-order valence-corrected chi connectivity index (χ1v) is 10.2. The van der Waals surface area contributed by atoms with Gasteiger partial charge >= 0.3 is 5.97 Å². The van der Waals surface area contributed by atoms with Gasteiger partial charge in [-0.15, -0.1) is 0 Å². The Bertz CT molecular complexity index is 434. The van der Waals surface area contributed by atoms with Crippen molar-refractivity contribution in [3.63, 3.8) is 0 Å². The van der Waals surface area contributed by atoms with E-state index in [2.05, 4.69) is 27.7 Å². The van der Waals surface area contributed by atoms with Gasteiger partial charge in [-0.1, -0.05) is 27.7 Å². The average Bonchev–Trinajstić information content (AvgIpc) is 2.54. The van der Waals surface area contributed by atoms with Crippen LogP contribution in [0.2, 0.25) is 0 Å². The fourth-order valence-corrected chi connectivity index (χ4v) is 5.42. The van der Waals surface area contributed by atoms with Crippen LogP contribution in [0.25, 0.3) is 0 Å². The number of hydrogen-bond acceptors (Lipinski definition) is 3. The molecule has 0 N–H and O–H groups in total. The van der Waals surface area contributed by atoms with Gasteiger partial charge < -0.3 is 9.47 Å². The molecule has 25 heavy (non-hydrogen) atoms. The van der Waals surface area contributed by atoms with E-state index in [1.54, 1.807) is 0 Å². The van der Waals surface area contributed by atoms with Crippen molar-refractivity contribution in [3.8, 4) is 0 Å². The number of carbonyl (C=O) groups is 1. The fraction of sp³-hybridized carbons (Fsp3) is 0.955. The molecule has 2 fully saturated rings. The Morgan fingerprint density at radius 1 is 0.880 bits per heavy atom. The molecule has 2 rings (SSSR count). The molecule has 0 aromatic heterocycles. The van der Waals surface area contributed by atoms with Gasteiger partial charge in [-0.2, -0.15) is 0 Å². The minimum atomic E-state index is -0.155. The third-order valence-corrected chi connectivity index (χ3v) is 7.47. The molecule has 0 atom stereocenters. The predicted molar refractivity (Wildman–Crippen MR) is 102 cm³/mol. The lowest BCUT2D eigenvalue weighted by Crippen LogP contribution is -2.40. The lowest BCUT2D eigenvalue weighted by atomic mass is 9.56. The summed E-state index contributed by atoms with van der Waals surface area (Å²) in [7, 11) is 1.82. The highest BCUT2D eigenvalue weighted by Crippen LogP contribution is 2.55. The molecular weight excluding hydrogens is 312 g/mol. The molecule has 146 valence electrons. The van der Waals surface area contributed by atoms with Crippen LogP contribution >= 0.6 is 0 Å². The smallest absolute Gasteiger partial charge is 0.302 e. The summed E-state index contributed by atoms with van der Waals surface area (Å²) in [4.78, 5) is 11.1. The van der Waals surface area contributed by atoms with E-state index in [9.17, 15) is 4.79 Å². The van der Waals surface area contributed by atoms with Crippen molar-refractivity contribution in [2.75, 3.05) is 20.3 Å². The number of rotatable bonds is 6. The molecule has 0 aromatic rings. The van der Waals surface area contributed by atoms with Gasteiger partial charge in [0.05, 0.1) is 13.2 Å². The van der Waals surface area contributed by atoms with E-state index in [1.807, 2.05) is 7.11 Å². The third-order valence-electron chi connectivity index (χ3n) is 7.47. The summed E-state index contributed by atoms with van der Waals surface area (Å²) < 4.78 is 10.8. The molecule has 0 unspecified atom stereocenters. The number of carbonyl (C=O) groups excluding carboxylic acids is 1. The van der Waals surface area contributed by atoms with Gasteiger partial charge in [0.2, 0.25) is 0 Å². The summed E-state index contributed by atoms with van der Waals surface area (Å²) in [5.74, 6) is 1.33. The summed E-state index contributed by atoms with van der Waals surface area (Å²) in [6.45, 7) is 12.2. The van der Waals surface area contributed by atoms with E-state index in [1.165, 1.54) is 58.3 Å². The van der Waals surface area contributed by atoms with Crippen LogP contribution in [0.5, 0.6) is 0 Å². The molecule has 2 saturated carbocycles. The van der Waals surface area contributed by atoms with Crippen LogP contribution in [0.15, 0.2) is 0 Å². The maximum Gasteiger partial charge on any atom is 0.302 e. The zero-order valence-electron chi connectivity index (χ0n) is 17.5. The van der Waals surface area contributed by atoms with Crippen molar-refractivity contribution in [2.45, 2.75) is 86.0 Å². The van der Waals surface area contributed by atoms with E-state index >= 15 is 0 Å². The van der Waals surface area contributed by atoms with Gasteiger partial charge in [0.1, 0.15) is 0 Å². The molecule has 3 nitrogen and oxygen atoms in total. The van der Waals surface area contributed by atoms with Crippen molar-refractivity contribution in [2.24, 2.45) is 28.1 Å². The monoisotopic (exact) mass is 352 g/mol. The zero-order chi connectivity index (χ0) is 18.7. The van der Waals surface area contributed by atoms with Gasteiger partial charge in [-0.25, -0.2) is 0 Å². The van der Waals surface area contributed by atoms with E-state index in [-0.39, 0.29) is 11.4 Å². The first kappa shape index (κ1) is 20.7. The fourth-order valence-electron chi connectivity index (χ4n) is 5.42. The second-order valence-electron chi connectivity index (χ2n) is 10.2. The van der Waals surface area contributed by atoms with Crippen molar-refractivity contribution in [3.05, 3.63) is 0 Å². The van der Waals surface area contributed by atoms with E-state index in [0.717, 1.165) is 12.5 Å². The summed E-state index contributed by atoms with van der Waals surface area (Å²) in [5, 5.41) is 0. The third kappa shape index (κ3) is 5.21. The minimum absolute atomic E-state index is 0.102. The number of methoxy groups -OCH3 is 1. The number of ether oxygens (including phenoxy) is 2. The molecule has 0 radical (unpaired) electrons. The number of esters is 1. The standard InChI is InChI=1S/C22H40O3/c1-17(23)25-16-21(4,5)19-9-13-22(14-10-19)11-7-18(8-12-22)20(2,3)15-24-6/h18-19H,7-16H2,1-6H3. The lowest BCUT2D eigenvalue weighted by molar-refractivity contribution is -0.145. The van der Waals surface area contributed by atoms with Gasteiger partial charge in [0, 0.05) is 19.4 Å². The van der Waals surface area contributed by atoms with E-state index < -0.39 is 0 Å². The molecule has 0 heterocycles. The van der Waals surface area contributed by atoms with E-state index in [4.69, 9.17) is 9.47 Å². The first-order valence-electron chi connectivity index (χ1n) is 10.2. The second-order valence-corrected chi connectivity index (χ2v) is 10.2. The maximum absolute atomic E-state index is 11.1. The summed E-state index contributed by atoms with van der Waals surface area (Å²) >= 11 is 0.